The summed E-state index contributed by atoms with van der Waals surface area (Å²) in [7, 11) is 0. The molecule has 0 unspecified atom stereocenters. The minimum Gasteiger partial charge on any atom is -0.846 e. The van der Waals surface area contributed by atoms with Crippen LogP contribution in [-0.2, 0) is 0 Å². The molecule has 114 valence electrons. The molecule has 2 rings (SSSR count). The molecule has 0 N–H and O–H groups in total. The summed E-state index contributed by atoms with van der Waals surface area (Å²) in [5.74, 6) is 2.54. The van der Waals surface area contributed by atoms with Crippen molar-refractivity contribution in [2.45, 2.75) is 18.5 Å². The summed E-state index contributed by atoms with van der Waals surface area (Å²) in [5, 5.41) is 20.6. The van der Waals surface area contributed by atoms with Gasteiger partial charge in [0.2, 0.25) is 5.88 Å². The molecule has 21 heavy (non-hydrogen) atoms. The first-order chi connectivity index (χ1) is 10.3. The number of aromatic nitrogens is 2. The molecule has 0 amide bonds. The van der Waals surface area contributed by atoms with Gasteiger partial charge in [-0.15, -0.1) is 11.8 Å². The molecule has 1 aromatic rings. The van der Waals surface area contributed by atoms with Crippen LogP contribution in [0.1, 0.15) is 18.9 Å². The SMILES string of the molecule is CCCOc1nc(SC[O-])nc(N2CCSCC2)c1C#N. The first kappa shape index (κ1) is 16.2. The van der Waals surface area contributed by atoms with Crippen LogP contribution in [-0.4, -0.2) is 47.1 Å². The predicted molar refractivity (Wildman–Crippen MR) is 82.8 cm³/mol. The third-order valence-corrected chi connectivity index (χ3v) is 4.39. The summed E-state index contributed by atoms with van der Waals surface area (Å²) in [6.07, 6.45) is 0.828. The van der Waals surface area contributed by atoms with E-state index in [0.717, 1.165) is 42.8 Å². The average molecular weight is 325 g/mol. The molecular weight excluding hydrogens is 308 g/mol. The lowest BCUT2D eigenvalue weighted by Crippen LogP contribution is -2.34. The summed E-state index contributed by atoms with van der Waals surface area (Å²) in [6.45, 7) is 4.15. The third-order valence-electron chi connectivity index (χ3n) is 2.89. The van der Waals surface area contributed by atoms with Crippen LogP contribution >= 0.6 is 23.5 Å². The molecule has 0 radical (unpaired) electrons. The molecular formula is C13H17N4O2S2-. The highest BCUT2D eigenvalue weighted by atomic mass is 32.2. The summed E-state index contributed by atoms with van der Waals surface area (Å²) in [5.41, 5.74) is 0.366. The number of nitriles is 1. The lowest BCUT2D eigenvalue weighted by Gasteiger charge is -2.28. The molecule has 1 aliphatic heterocycles. The van der Waals surface area contributed by atoms with E-state index in [0.29, 0.717) is 29.0 Å². The largest absolute Gasteiger partial charge is 0.846 e. The quantitative estimate of drug-likeness (QED) is 0.437. The van der Waals surface area contributed by atoms with Crippen molar-refractivity contribution in [1.82, 2.24) is 9.97 Å². The fourth-order valence-electron chi connectivity index (χ4n) is 1.93. The molecule has 2 heterocycles. The Morgan fingerprint density at radius 1 is 1.43 bits per heavy atom. The van der Waals surface area contributed by atoms with Crippen LogP contribution in [0.2, 0.25) is 0 Å². The molecule has 0 aliphatic carbocycles. The number of hydrogen-bond acceptors (Lipinski definition) is 8. The molecule has 1 aliphatic rings. The van der Waals surface area contributed by atoms with E-state index in [-0.39, 0.29) is 5.94 Å². The smallest absolute Gasteiger partial charge is 0.238 e. The topological polar surface area (TPSA) is 85.1 Å². The fraction of sp³-hybridized carbons (Fsp3) is 0.615. The summed E-state index contributed by atoms with van der Waals surface area (Å²) < 4.78 is 5.57. The maximum absolute atomic E-state index is 10.8. The zero-order valence-corrected chi connectivity index (χ0v) is 13.5. The van der Waals surface area contributed by atoms with E-state index in [9.17, 15) is 10.4 Å². The zero-order chi connectivity index (χ0) is 15.1. The molecule has 1 fully saturated rings. The lowest BCUT2D eigenvalue weighted by molar-refractivity contribution is -0.338. The maximum Gasteiger partial charge on any atom is 0.238 e. The molecule has 0 spiro atoms. The van der Waals surface area contributed by atoms with E-state index in [1.165, 1.54) is 0 Å². The fourth-order valence-corrected chi connectivity index (χ4v) is 3.24. The Kier molecular flexibility index (Phi) is 6.42. The molecule has 0 saturated carbocycles. The van der Waals surface area contributed by atoms with Crippen LogP contribution < -0.4 is 14.7 Å². The van der Waals surface area contributed by atoms with Gasteiger partial charge in [-0.3, -0.25) is 0 Å². The Bertz CT molecular complexity index is 516. The first-order valence-electron chi connectivity index (χ1n) is 6.78. The Hall–Kier alpha value is -1.17. The van der Waals surface area contributed by atoms with Crippen LogP contribution in [0, 0.1) is 11.3 Å². The van der Waals surface area contributed by atoms with Gasteiger partial charge >= 0.3 is 0 Å². The van der Waals surface area contributed by atoms with Crippen LogP contribution in [0.15, 0.2) is 5.16 Å². The van der Waals surface area contributed by atoms with Gasteiger partial charge in [0, 0.05) is 24.6 Å². The van der Waals surface area contributed by atoms with Gasteiger partial charge in [-0.05, 0) is 6.42 Å². The van der Waals surface area contributed by atoms with E-state index < -0.39 is 0 Å². The number of nitrogens with zero attached hydrogens (tertiary/aromatic N) is 4. The normalized spacial score (nSPS) is 14.8. The van der Waals surface area contributed by atoms with Gasteiger partial charge in [0.1, 0.15) is 6.07 Å². The molecule has 1 aromatic heterocycles. The van der Waals surface area contributed by atoms with Crippen LogP contribution in [0.5, 0.6) is 5.88 Å². The van der Waals surface area contributed by atoms with Crippen molar-refractivity contribution < 1.29 is 9.84 Å². The van der Waals surface area contributed by atoms with Crippen LogP contribution in [0.3, 0.4) is 0 Å². The van der Waals surface area contributed by atoms with Gasteiger partial charge in [0.25, 0.3) is 0 Å². The van der Waals surface area contributed by atoms with E-state index in [2.05, 4.69) is 20.9 Å². The molecule has 0 bridgehead atoms. The minimum absolute atomic E-state index is 0.290. The molecule has 1 saturated heterocycles. The van der Waals surface area contributed by atoms with Crippen molar-refractivity contribution >= 4 is 29.3 Å². The van der Waals surface area contributed by atoms with Gasteiger partial charge in [-0.2, -0.15) is 22.0 Å². The predicted octanol–water partition coefficient (Wildman–Crippen LogP) is 1.10. The second-order valence-electron chi connectivity index (χ2n) is 4.33. The number of rotatable bonds is 6. The number of thioether (sulfide) groups is 2. The molecule has 0 aromatic carbocycles. The second kappa shape index (κ2) is 8.32. The maximum atomic E-state index is 10.8. The number of hydrogen-bond donors (Lipinski definition) is 0. The Morgan fingerprint density at radius 3 is 2.81 bits per heavy atom. The summed E-state index contributed by atoms with van der Waals surface area (Å²) in [4.78, 5) is 10.7. The lowest BCUT2D eigenvalue weighted by atomic mass is 10.3. The van der Waals surface area contributed by atoms with Gasteiger partial charge in [0.05, 0.1) is 6.61 Å². The van der Waals surface area contributed by atoms with Crippen molar-refractivity contribution in [2.24, 2.45) is 0 Å². The van der Waals surface area contributed by atoms with Gasteiger partial charge < -0.3 is 14.7 Å². The Balaban J connectivity index is 2.39. The van der Waals surface area contributed by atoms with Crippen molar-refractivity contribution in [2.75, 3.05) is 42.0 Å². The van der Waals surface area contributed by atoms with Crippen LogP contribution in [0.25, 0.3) is 0 Å². The Morgan fingerprint density at radius 2 is 2.19 bits per heavy atom. The van der Waals surface area contributed by atoms with Gasteiger partial charge in [-0.1, -0.05) is 12.9 Å². The highest BCUT2D eigenvalue weighted by Crippen LogP contribution is 2.30. The van der Waals surface area contributed by atoms with Gasteiger partial charge in [-0.25, -0.2) is 4.98 Å². The third kappa shape index (κ3) is 4.15. The number of ether oxygens (including phenoxy) is 1. The Labute approximate surface area is 132 Å². The monoisotopic (exact) mass is 325 g/mol. The van der Waals surface area contributed by atoms with Crippen molar-refractivity contribution in [3.05, 3.63) is 5.56 Å². The highest BCUT2D eigenvalue weighted by Gasteiger charge is 2.22. The van der Waals surface area contributed by atoms with Crippen molar-refractivity contribution in [3.63, 3.8) is 0 Å². The highest BCUT2D eigenvalue weighted by molar-refractivity contribution is 7.99. The minimum atomic E-state index is -0.353. The molecule has 0 atom stereocenters. The second-order valence-corrected chi connectivity index (χ2v) is 6.45. The van der Waals surface area contributed by atoms with Crippen molar-refractivity contribution in [3.8, 4) is 11.9 Å². The molecule has 8 heteroatoms. The average Bonchev–Trinajstić information content (AvgIpc) is 2.53. The molecule has 6 nitrogen and oxygen atoms in total. The summed E-state index contributed by atoms with van der Waals surface area (Å²) in [6, 6.07) is 2.15. The zero-order valence-electron chi connectivity index (χ0n) is 11.9. The van der Waals surface area contributed by atoms with Gasteiger partial charge in [0.15, 0.2) is 16.5 Å². The number of anilines is 1. The van der Waals surface area contributed by atoms with E-state index >= 15 is 0 Å². The van der Waals surface area contributed by atoms with Crippen LogP contribution in [0.4, 0.5) is 5.82 Å². The van der Waals surface area contributed by atoms with E-state index in [4.69, 9.17) is 4.74 Å². The summed E-state index contributed by atoms with van der Waals surface area (Å²) >= 11 is 2.91. The van der Waals surface area contributed by atoms with E-state index in [1.54, 1.807) is 0 Å². The van der Waals surface area contributed by atoms with E-state index in [1.807, 2.05) is 18.7 Å². The standard InChI is InChI=1S/C13H17N4O2S2/c1-2-5-19-12-10(8-14)11(15-13(16-12)21-9-18)17-3-6-20-7-4-17/h2-7,9H2,1H3/q-1. The van der Waals surface area contributed by atoms with Crippen molar-refractivity contribution in [1.29, 1.82) is 5.26 Å². The first-order valence-corrected chi connectivity index (χ1v) is 8.92.